The first kappa shape index (κ1) is 20.4. The van der Waals surface area contributed by atoms with Crippen molar-refractivity contribution in [1.29, 1.82) is 0 Å². The molecular formula is C19H24N2O6S. The van der Waals surface area contributed by atoms with Crippen molar-refractivity contribution in [2.45, 2.75) is 18.4 Å². The first-order chi connectivity index (χ1) is 13.3. The Morgan fingerprint density at radius 3 is 2.54 bits per heavy atom. The van der Waals surface area contributed by atoms with Crippen molar-refractivity contribution in [3.05, 3.63) is 47.4 Å². The summed E-state index contributed by atoms with van der Waals surface area (Å²) in [6.07, 6.45) is 0. The fourth-order valence-corrected chi connectivity index (χ4v) is 4.47. The van der Waals surface area contributed by atoms with Gasteiger partial charge in [-0.05, 0) is 37.3 Å². The molecule has 0 aliphatic carbocycles. The molecule has 1 aromatic carbocycles. The van der Waals surface area contributed by atoms with E-state index in [0.29, 0.717) is 24.7 Å². The van der Waals surface area contributed by atoms with E-state index in [4.69, 9.17) is 13.9 Å². The molecule has 0 saturated carbocycles. The third-order valence-electron chi connectivity index (χ3n) is 4.54. The molecule has 0 unspecified atom stereocenters. The second kappa shape index (κ2) is 8.34. The SMILES string of the molecule is COc1ccc(S(=O)(=O)N2CCOCC2)cc1C(=O)N(C)Cc1ccc(C)o1. The quantitative estimate of drug-likeness (QED) is 0.725. The summed E-state index contributed by atoms with van der Waals surface area (Å²) in [5.41, 5.74) is 0.183. The molecule has 1 saturated heterocycles. The summed E-state index contributed by atoms with van der Waals surface area (Å²) in [6, 6.07) is 7.96. The van der Waals surface area contributed by atoms with Crippen LogP contribution in [0.25, 0.3) is 0 Å². The van der Waals surface area contributed by atoms with E-state index in [1.807, 2.05) is 13.0 Å². The van der Waals surface area contributed by atoms with Crippen LogP contribution in [0.4, 0.5) is 0 Å². The van der Waals surface area contributed by atoms with Gasteiger partial charge in [0.25, 0.3) is 5.91 Å². The molecule has 1 fully saturated rings. The standard InChI is InChI=1S/C19H24N2O6S/c1-14-4-5-15(27-14)13-20(2)19(22)17-12-16(6-7-18(17)25-3)28(23,24)21-8-10-26-11-9-21/h4-7,12H,8-11,13H2,1-3H3. The van der Waals surface area contributed by atoms with Crippen LogP contribution in [0.5, 0.6) is 5.75 Å². The molecule has 1 aromatic heterocycles. The third-order valence-corrected chi connectivity index (χ3v) is 6.44. The van der Waals surface area contributed by atoms with Gasteiger partial charge in [-0.2, -0.15) is 4.31 Å². The van der Waals surface area contributed by atoms with Crippen molar-refractivity contribution < 1.29 is 27.1 Å². The van der Waals surface area contributed by atoms with Crippen LogP contribution in [0.2, 0.25) is 0 Å². The summed E-state index contributed by atoms with van der Waals surface area (Å²) in [5, 5.41) is 0. The Morgan fingerprint density at radius 2 is 1.93 bits per heavy atom. The molecule has 1 amide bonds. The van der Waals surface area contributed by atoms with Crippen LogP contribution in [0, 0.1) is 6.92 Å². The van der Waals surface area contributed by atoms with Gasteiger partial charge in [-0.1, -0.05) is 0 Å². The Hall–Kier alpha value is -2.36. The molecule has 28 heavy (non-hydrogen) atoms. The van der Waals surface area contributed by atoms with Crippen LogP contribution >= 0.6 is 0 Å². The molecule has 2 heterocycles. The van der Waals surface area contributed by atoms with Gasteiger partial charge in [0.2, 0.25) is 10.0 Å². The molecule has 3 rings (SSSR count). The van der Waals surface area contributed by atoms with Crippen molar-refractivity contribution >= 4 is 15.9 Å². The summed E-state index contributed by atoms with van der Waals surface area (Å²) in [4.78, 5) is 14.5. The average Bonchev–Trinajstić information content (AvgIpc) is 3.12. The number of ether oxygens (including phenoxy) is 2. The molecule has 0 spiro atoms. The molecule has 0 N–H and O–H groups in total. The van der Waals surface area contributed by atoms with E-state index in [1.54, 1.807) is 13.1 Å². The molecular weight excluding hydrogens is 384 g/mol. The van der Waals surface area contributed by atoms with Crippen molar-refractivity contribution in [3.63, 3.8) is 0 Å². The number of sulfonamides is 1. The maximum atomic E-state index is 13.0. The Balaban J connectivity index is 1.89. The van der Waals surface area contributed by atoms with E-state index in [-0.39, 0.29) is 36.0 Å². The third kappa shape index (κ3) is 4.21. The largest absolute Gasteiger partial charge is 0.496 e. The van der Waals surface area contributed by atoms with E-state index in [9.17, 15) is 13.2 Å². The first-order valence-corrected chi connectivity index (χ1v) is 10.3. The van der Waals surface area contributed by atoms with Gasteiger partial charge in [0.1, 0.15) is 17.3 Å². The highest BCUT2D eigenvalue weighted by Gasteiger charge is 2.28. The number of aryl methyl sites for hydroxylation is 1. The van der Waals surface area contributed by atoms with Gasteiger partial charge >= 0.3 is 0 Å². The zero-order valence-corrected chi connectivity index (χ0v) is 17.0. The Bertz CT molecular complexity index is 947. The number of nitrogens with zero attached hydrogens (tertiary/aromatic N) is 2. The minimum Gasteiger partial charge on any atom is -0.496 e. The number of carbonyl (C=O) groups excluding carboxylic acids is 1. The number of morpholine rings is 1. The highest BCUT2D eigenvalue weighted by atomic mass is 32.2. The molecule has 1 aliphatic heterocycles. The number of hydrogen-bond acceptors (Lipinski definition) is 6. The number of amides is 1. The summed E-state index contributed by atoms with van der Waals surface area (Å²) >= 11 is 0. The van der Waals surface area contributed by atoms with E-state index in [2.05, 4.69) is 0 Å². The van der Waals surface area contributed by atoms with Crippen LogP contribution < -0.4 is 4.74 Å². The van der Waals surface area contributed by atoms with Gasteiger partial charge in [0, 0.05) is 20.1 Å². The second-order valence-electron chi connectivity index (χ2n) is 6.55. The predicted molar refractivity (Wildman–Crippen MR) is 102 cm³/mol. The summed E-state index contributed by atoms with van der Waals surface area (Å²) in [7, 11) is -0.645. The Labute approximate surface area is 164 Å². The Morgan fingerprint density at radius 1 is 1.21 bits per heavy atom. The van der Waals surface area contributed by atoms with Gasteiger partial charge in [-0.25, -0.2) is 8.42 Å². The van der Waals surface area contributed by atoms with Gasteiger partial charge in [0.15, 0.2) is 0 Å². The zero-order chi connectivity index (χ0) is 20.3. The normalized spacial score (nSPS) is 15.4. The van der Waals surface area contributed by atoms with Crippen LogP contribution in [0.15, 0.2) is 39.6 Å². The first-order valence-electron chi connectivity index (χ1n) is 8.89. The lowest BCUT2D eigenvalue weighted by atomic mass is 10.1. The van der Waals surface area contributed by atoms with E-state index in [0.717, 1.165) is 5.76 Å². The van der Waals surface area contributed by atoms with Crippen LogP contribution in [-0.4, -0.2) is 64.0 Å². The summed E-state index contributed by atoms with van der Waals surface area (Å²) in [6.45, 7) is 3.37. The van der Waals surface area contributed by atoms with E-state index in [1.165, 1.54) is 34.5 Å². The lowest BCUT2D eigenvalue weighted by molar-refractivity contribution is 0.0730. The smallest absolute Gasteiger partial charge is 0.257 e. The molecule has 9 heteroatoms. The van der Waals surface area contributed by atoms with Crippen molar-refractivity contribution in [2.24, 2.45) is 0 Å². The molecule has 152 valence electrons. The molecule has 0 bridgehead atoms. The summed E-state index contributed by atoms with van der Waals surface area (Å²) < 4.78 is 43.2. The van der Waals surface area contributed by atoms with Crippen molar-refractivity contribution in [1.82, 2.24) is 9.21 Å². The molecule has 1 aliphatic rings. The number of carbonyl (C=O) groups is 1. The van der Waals surface area contributed by atoms with Crippen LogP contribution in [0.1, 0.15) is 21.9 Å². The van der Waals surface area contributed by atoms with Crippen LogP contribution in [0.3, 0.4) is 0 Å². The summed E-state index contributed by atoms with van der Waals surface area (Å²) in [5.74, 6) is 1.36. The van der Waals surface area contributed by atoms with Gasteiger partial charge in [0.05, 0.1) is 37.3 Å². The predicted octanol–water partition coefficient (Wildman–Crippen LogP) is 1.89. The fraction of sp³-hybridized carbons (Fsp3) is 0.421. The van der Waals surface area contributed by atoms with Gasteiger partial charge in [-0.15, -0.1) is 0 Å². The molecule has 0 radical (unpaired) electrons. The van der Waals surface area contributed by atoms with Gasteiger partial charge in [-0.3, -0.25) is 4.79 Å². The molecule has 2 aromatic rings. The lowest BCUT2D eigenvalue weighted by Crippen LogP contribution is -2.40. The van der Waals surface area contributed by atoms with Crippen molar-refractivity contribution in [3.8, 4) is 5.75 Å². The monoisotopic (exact) mass is 408 g/mol. The number of rotatable bonds is 6. The highest BCUT2D eigenvalue weighted by molar-refractivity contribution is 7.89. The molecule has 8 nitrogen and oxygen atoms in total. The number of hydrogen-bond donors (Lipinski definition) is 0. The number of methoxy groups -OCH3 is 1. The minimum atomic E-state index is -3.72. The number of benzene rings is 1. The zero-order valence-electron chi connectivity index (χ0n) is 16.2. The lowest BCUT2D eigenvalue weighted by Gasteiger charge is -2.26. The number of furan rings is 1. The maximum Gasteiger partial charge on any atom is 0.257 e. The topological polar surface area (TPSA) is 89.3 Å². The fourth-order valence-electron chi connectivity index (χ4n) is 3.03. The minimum absolute atomic E-state index is 0.0563. The van der Waals surface area contributed by atoms with Crippen molar-refractivity contribution in [2.75, 3.05) is 40.5 Å². The Kier molecular flexibility index (Phi) is 6.07. The average molecular weight is 408 g/mol. The van der Waals surface area contributed by atoms with Crippen LogP contribution in [-0.2, 0) is 21.3 Å². The second-order valence-corrected chi connectivity index (χ2v) is 8.49. The van der Waals surface area contributed by atoms with E-state index < -0.39 is 10.0 Å². The highest BCUT2D eigenvalue weighted by Crippen LogP contribution is 2.26. The van der Waals surface area contributed by atoms with E-state index >= 15 is 0 Å². The maximum absolute atomic E-state index is 13.0. The van der Waals surface area contributed by atoms with Gasteiger partial charge < -0.3 is 18.8 Å². The molecule has 0 atom stereocenters.